The molecule has 2 atom stereocenters. The molecule has 0 saturated heterocycles. The van der Waals surface area contributed by atoms with Gasteiger partial charge < -0.3 is 5.32 Å². The maximum Gasteiger partial charge on any atom is 0.143 e. The molecule has 1 aromatic carbocycles. The smallest absolute Gasteiger partial charge is 0.143 e. The molecular formula is C14H16N6S. The predicted octanol–water partition coefficient (Wildman–Crippen LogP) is 2.53. The molecule has 0 amide bonds. The average Bonchev–Trinajstić information content (AvgIpc) is 3.20. The lowest BCUT2D eigenvalue weighted by Crippen LogP contribution is -2.22. The molecule has 0 fully saturated rings. The largest absolute Gasteiger partial charge is 0.302 e. The van der Waals surface area contributed by atoms with E-state index in [1.807, 2.05) is 23.7 Å². The van der Waals surface area contributed by atoms with E-state index in [1.165, 1.54) is 5.56 Å². The molecule has 6 nitrogen and oxygen atoms in total. The summed E-state index contributed by atoms with van der Waals surface area (Å²) in [6.45, 7) is 4.27. The molecule has 21 heavy (non-hydrogen) atoms. The Morgan fingerprint density at radius 1 is 1.24 bits per heavy atom. The Hall–Kier alpha value is -2.12. The fourth-order valence-corrected chi connectivity index (χ4v) is 2.86. The first-order chi connectivity index (χ1) is 10.2. The first-order valence-corrected chi connectivity index (χ1v) is 7.61. The maximum absolute atomic E-state index is 4.35. The van der Waals surface area contributed by atoms with E-state index in [9.17, 15) is 0 Å². The highest BCUT2D eigenvalue weighted by atomic mass is 32.1. The lowest BCUT2D eigenvalue weighted by Gasteiger charge is -2.19. The summed E-state index contributed by atoms with van der Waals surface area (Å²) in [5, 5.41) is 17.9. The third-order valence-corrected chi connectivity index (χ3v) is 4.26. The standard InChI is InChI=1S/C14H16N6S/c1-10(17-11(2)14-15-6-7-21-14)12-4-3-5-13(8-12)20-9-16-18-19-20/h3-11,17H,1-2H3. The summed E-state index contributed by atoms with van der Waals surface area (Å²) < 4.78 is 1.65. The first-order valence-electron chi connectivity index (χ1n) is 6.73. The summed E-state index contributed by atoms with van der Waals surface area (Å²) in [6, 6.07) is 8.61. The van der Waals surface area contributed by atoms with E-state index < -0.39 is 0 Å². The molecule has 0 aliphatic heterocycles. The van der Waals surface area contributed by atoms with Crippen molar-refractivity contribution in [3.63, 3.8) is 0 Å². The van der Waals surface area contributed by atoms with Crippen molar-refractivity contribution in [1.82, 2.24) is 30.5 Å². The lowest BCUT2D eigenvalue weighted by molar-refractivity contribution is 0.493. The van der Waals surface area contributed by atoms with Crippen LogP contribution in [0.5, 0.6) is 0 Å². The number of aromatic nitrogens is 5. The number of nitrogens with one attached hydrogen (secondary N) is 1. The van der Waals surface area contributed by atoms with Crippen LogP contribution in [0.4, 0.5) is 0 Å². The number of hydrogen-bond donors (Lipinski definition) is 1. The zero-order valence-electron chi connectivity index (χ0n) is 11.8. The van der Waals surface area contributed by atoms with Crippen LogP contribution < -0.4 is 5.32 Å². The number of nitrogens with zero attached hydrogens (tertiary/aromatic N) is 5. The second-order valence-corrected chi connectivity index (χ2v) is 5.76. The van der Waals surface area contributed by atoms with Crippen LogP contribution in [0.15, 0.2) is 42.2 Å². The minimum atomic E-state index is 0.209. The SMILES string of the molecule is CC(NC(C)c1nccs1)c1cccc(-n2cnnn2)c1. The van der Waals surface area contributed by atoms with Gasteiger partial charge >= 0.3 is 0 Å². The quantitative estimate of drug-likeness (QED) is 0.784. The monoisotopic (exact) mass is 300 g/mol. The number of hydrogen-bond acceptors (Lipinski definition) is 6. The summed E-state index contributed by atoms with van der Waals surface area (Å²) in [6.07, 6.45) is 3.43. The molecule has 108 valence electrons. The average molecular weight is 300 g/mol. The van der Waals surface area contributed by atoms with E-state index in [-0.39, 0.29) is 12.1 Å². The van der Waals surface area contributed by atoms with E-state index in [2.05, 4.69) is 51.8 Å². The van der Waals surface area contributed by atoms with Gasteiger partial charge in [0.15, 0.2) is 0 Å². The molecule has 2 heterocycles. The minimum absolute atomic E-state index is 0.209. The second kappa shape index (κ2) is 6.11. The minimum Gasteiger partial charge on any atom is -0.302 e. The fraction of sp³-hybridized carbons (Fsp3) is 0.286. The van der Waals surface area contributed by atoms with Gasteiger partial charge in [0.25, 0.3) is 0 Å². The van der Waals surface area contributed by atoms with Crippen molar-refractivity contribution in [3.8, 4) is 5.69 Å². The topological polar surface area (TPSA) is 68.5 Å². The molecule has 2 aromatic heterocycles. The fourth-order valence-electron chi connectivity index (χ4n) is 2.21. The van der Waals surface area contributed by atoms with Crippen LogP contribution >= 0.6 is 11.3 Å². The van der Waals surface area contributed by atoms with Gasteiger partial charge in [-0.2, -0.15) is 0 Å². The summed E-state index contributed by atoms with van der Waals surface area (Å²) in [4.78, 5) is 4.35. The molecule has 0 aliphatic carbocycles. The van der Waals surface area contributed by atoms with E-state index in [0.29, 0.717) is 0 Å². The van der Waals surface area contributed by atoms with Gasteiger partial charge in [0, 0.05) is 17.6 Å². The summed E-state index contributed by atoms with van der Waals surface area (Å²) in [5.74, 6) is 0. The zero-order chi connectivity index (χ0) is 14.7. The highest BCUT2D eigenvalue weighted by Gasteiger charge is 2.13. The maximum atomic E-state index is 4.35. The molecule has 0 spiro atoms. The summed E-state index contributed by atoms with van der Waals surface area (Å²) >= 11 is 1.67. The second-order valence-electron chi connectivity index (χ2n) is 4.83. The van der Waals surface area contributed by atoms with Crippen molar-refractivity contribution in [2.45, 2.75) is 25.9 Å². The van der Waals surface area contributed by atoms with Crippen LogP contribution in [0, 0.1) is 0 Å². The van der Waals surface area contributed by atoms with Gasteiger partial charge in [0.1, 0.15) is 11.3 Å². The zero-order valence-corrected chi connectivity index (χ0v) is 12.7. The molecule has 7 heteroatoms. The highest BCUT2D eigenvalue weighted by Crippen LogP contribution is 2.22. The highest BCUT2D eigenvalue weighted by molar-refractivity contribution is 7.09. The van der Waals surface area contributed by atoms with Crippen molar-refractivity contribution in [2.24, 2.45) is 0 Å². The normalized spacial score (nSPS) is 14.0. The van der Waals surface area contributed by atoms with Crippen molar-refractivity contribution < 1.29 is 0 Å². The molecule has 0 bridgehead atoms. The molecule has 3 rings (SSSR count). The number of thiazole rings is 1. The van der Waals surface area contributed by atoms with Crippen LogP contribution in [0.2, 0.25) is 0 Å². The number of tetrazole rings is 1. The number of rotatable bonds is 5. The van der Waals surface area contributed by atoms with E-state index in [0.717, 1.165) is 10.7 Å². The van der Waals surface area contributed by atoms with Crippen LogP contribution in [0.1, 0.15) is 36.5 Å². The van der Waals surface area contributed by atoms with Crippen molar-refractivity contribution in [1.29, 1.82) is 0 Å². The van der Waals surface area contributed by atoms with Crippen molar-refractivity contribution in [2.75, 3.05) is 0 Å². The van der Waals surface area contributed by atoms with Gasteiger partial charge in [-0.3, -0.25) is 0 Å². The molecule has 0 saturated carbocycles. The third kappa shape index (κ3) is 3.14. The van der Waals surface area contributed by atoms with Crippen LogP contribution in [-0.4, -0.2) is 25.2 Å². The Morgan fingerprint density at radius 2 is 2.14 bits per heavy atom. The number of benzene rings is 1. The Kier molecular flexibility index (Phi) is 4.03. The van der Waals surface area contributed by atoms with Gasteiger partial charge in [-0.15, -0.1) is 16.4 Å². The van der Waals surface area contributed by atoms with E-state index >= 15 is 0 Å². The molecule has 0 aliphatic rings. The van der Waals surface area contributed by atoms with Gasteiger partial charge in [-0.1, -0.05) is 12.1 Å². The summed E-state index contributed by atoms with van der Waals surface area (Å²) in [5.41, 5.74) is 2.14. The van der Waals surface area contributed by atoms with Crippen LogP contribution in [0.3, 0.4) is 0 Å². The summed E-state index contributed by atoms with van der Waals surface area (Å²) in [7, 11) is 0. The van der Waals surface area contributed by atoms with Gasteiger partial charge in [-0.05, 0) is 42.0 Å². The Balaban J connectivity index is 1.76. The Bertz CT molecular complexity index is 679. The Morgan fingerprint density at radius 3 is 2.86 bits per heavy atom. The Labute approximate surface area is 126 Å². The third-order valence-electron chi connectivity index (χ3n) is 3.31. The van der Waals surface area contributed by atoms with Crippen molar-refractivity contribution in [3.05, 3.63) is 52.7 Å². The van der Waals surface area contributed by atoms with Crippen LogP contribution in [-0.2, 0) is 0 Å². The predicted molar refractivity (Wildman–Crippen MR) is 81.2 cm³/mol. The van der Waals surface area contributed by atoms with Gasteiger partial charge in [0.2, 0.25) is 0 Å². The lowest BCUT2D eigenvalue weighted by atomic mass is 10.1. The molecule has 0 radical (unpaired) electrons. The van der Waals surface area contributed by atoms with Crippen molar-refractivity contribution >= 4 is 11.3 Å². The van der Waals surface area contributed by atoms with Gasteiger partial charge in [-0.25, -0.2) is 9.67 Å². The van der Waals surface area contributed by atoms with Gasteiger partial charge in [0.05, 0.1) is 11.7 Å². The molecule has 1 N–H and O–H groups in total. The molecular weight excluding hydrogens is 284 g/mol. The van der Waals surface area contributed by atoms with Crippen LogP contribution in [0.25, 0.3) is 5.69 Å². The molecule has 3 aromatic rings. The first kappa shape index (κ1) is 13.8. The van der Waals surface area contributed by atoms with E-state index in [1.54, 1.807) is 22.3 Å². The molecule has 2 unspecified atom stereocenters. The van der Waals surface area contributed by atoms with E-state index in [4.69, 9.17) is 0 Å².